The van der Waals surface area contributed by atoms with Gasteiger partial charge in [-0.15, -0.1) is 0 Å². The van der Waals surface area contributed by atoms with Crippen LogP contribution in [0.4, 0.5) is 5.69 Å². The molecule has 4 N–H and O–H groups in total. The number of nitrogens with zero attached hydrogens (tertiary/aromatic N) is 2. The number of H-pyrrole nitrogens is 2. The summed E-state index contributed by atoms with van der Waals surface area (Å²) >= 11 is 0. The molecule has 0 saturated carbocycles. The molecular weight excluding hydrogens is 256 g/mol. The molecule has 2 aromatic rings. The Balaban J connectivity index is 2.22. The molecule has 2 heterocycles. The Morgan fingerprint density at radius 1 is 1.33 bits per heavy atom. The molecule has 0 aliphatic carbocycles. The van der Waals surface area contributed by atoms with Gasteiger partial charge in [0.2, 0.25) is 0 Å². The maximum Gasteiger partial charge on any atom is 0.279 e. The quantitative estimate of drug-likeness (QED) is 0.591. The molecule has 9 heteroatoms. The molecule has 8 nitrogen and oxygen atoms in total. The van der Waals surface area contributed by atoms with Crippen LogP contribution in [0, 0.1) is 0 Å². The fraction of sp³-hybridized carbons (Fsp3) is 0.333. The molecule has 0 aliphatic rings. The average Bonchev–Trinajstić information content (AvgIpc) is 2.96. The zero-order valence-corrected chi connectivity index (χ0v) is 10.6. The highest BCUT2D eigenvalue weighted by atomic mass is 32.2. The van der Waals surface area contributed by atoms with E-state index in [4.69, 9.17) is 0 Å². The van der Waals surface area contributed by atoms with Crippen molar-refractivity contribution >= 4 is 15.7 Å². The first-order valence-corrected chi connectivity index (χ1v) is 6.86. The minimum absolute atomic E-state index is 0.0599. The summed E-state index contributed by atoms with van der Waals surface area (Å²) in [5.74, 6) is 0. The van der Waals surface area contributed by atoms with Crippen LogP contribution >= 0.6 is 0 Å². The molecule has 0 aliphatic heterocycles. The van der Waals surface area contributed by atoms with Crippen molar-refractivity contribution in [2.75, 3.05) is 11.3 Å². The molecule has 0 aromatic carbocycles. The van der Waals surface area contributed by atoms with Crippen LogP contribution in [-0.4, -0.2) is 35.4 Å². The number of aromatic amines is 2. The van der Waals surface area contributed by atoms with Crippen LogP contribution < -0.4 is 10.0 Å². The third kappa shape index (κ3) is 2.68. The Morgan fingerprint density at radius 3 is 2.83 bits per heavy atom. The van der Waals surface area contributed by atoms with E-state index in [0.29, 0.717) is 17.8 Å². The van der Waals surface area contributed by atoms with E-state index < -0.39 is 10.0 Å². The van der Waals surface area contributed by atoms with E-state index in [-0.39, 0.29) is 5.03 Å². The van der Waals surface area contributed by atoms with Crippen LogP contribution in [0.1, 0.15) is 12.5 Å². The highest BCUT2D eigenvalue weighted by molar-refractivity contribution is 7.92. The largest absolute Gasteiger partial charge is 0.313 e. The summed E-state index contributed by atoms with van der Waals surface area (Å²) in [6.45, 7) is 3.13. The number of aromatic nitrogens is 4. The van der Waals surface area contributed by atoms with E-state index in [1.165, 1.54) is 18.6 Å². The van der Waals surface area contributed by atoms with Crippen molar-refractivity contribution in [1.29, 1.82) is 0 Å². The molecule has 0 bridgehead atoms. The molecule has 98 valence electrons. The Kier molecular flexibility index (Phi) is 3.63. The molecule has 0 unspecified atom stereocenters. The van der Waals surface area contributed by atoms with Crippen LogP contribution in [0.15, 0.2) is 23.6 Å². The Morgan fingerprint density at radius 2 is 2.17 bits per heavy atom. The van der Waals surface area contributed by atoms with E-state index in [9.17, 15) is 8.42 Å². The molecule has 0 fully saturated rings. The van der Waals surface area contributed by atoms with Crippen LogP contribution in [-0.2, 0) is 16.6 Å². The van der Waals surface area contributed by atoms with Crippen LogP contribution in [0.3, 0.4) is 0 Å². The summed E-state index contributed by atoms with van der Waals surface area (Å²) < 4.78 is 26.6. The second kappa shape index (κ2) is 5.19. The number of rotatable bonds is 6. The lowest BCUT2D eigenvalue weighted by molar-refractivity contribution is 0.594. The van der Waals surface area contributed by atoms with E-state index in [2.05, 4.69) is 30.4 Å². The zero-order valence-electron chi connectivity index (χ0n) is 9.77. The molecule has 0 spiro atoms. The molecular formula is C9H14N6O2S. The third-order valence-electron chi connectivity index (χ3n) is 2.26. The summed E-state index contributed by atoms with van der Waals surface area (Å²) in [4.78, 5) is 0. The predicted molar refractivity (Wildman–Crippen MR) is 65.4 cm³/mol. The van der Waals surface area contributed by atoms with Gasteiger partial charge >= 0.3 is 0 Å². The van der Waals surface area contributed by atoms with Gasteiger partial charge in [0.25, 0.3) is 10.0 Å². The van der Waals surface area contributed by atoms with Crippen molar-refractivity contribution in [2.24, 2.45) is 0 Å². The lowest BCUT2D eigenvalue weighted by Gasteiger charge is -2.06. The number of hydrogen-bond donors (Lipinski definition) is 4. The maximum atomic E-state index is 12.1. The number of anilines is 1. The smallest absolute Gasteiger partial charge is 0.279 e. The Bertz CT molecular complexity index is 588. The highest BCUT2D eigenvalue weighted by Gasteiger charge is 2.20. The van der Waals surface area contributed by atoms with Crippen LogP contribution in [0.25, 0.3) is 0 Å². The van der Waals surface area contributed by atoms with E-state index in [0.717, 1.165) is 6.54 Å². The highest BCUT2D eigenvalue weighted by Crippen LogP contribution is 2.16. The normalized spacial score (nSPS) is 11.6. The van der Waals surface area contributed by atoms with E-state index in [1.807, 2.05) is 6.92 Å². The summed E-state index contributed by atoms with van der Waals surface area (Å²) in [6.07, 6.45) is 4.34. The minimum atomic E-state index is -3.67. The predicted octanol–water partition coefficient (Wildman–Crippen LogP) is 0.0431. The summed E-state index contributed by atoms with van der Waals surface area (Å²) in [7, 11) is -3.67. The molecule has 18 heavy (non-hydrogen) atoms. The second-order valence-electron chi connectivity index (χ2n) is 3.60. The van der Waals surface area contributed by atoms with Crippen molar-refractivity contribution in [3.63, 3.8) is 0 Å². The first kappa shape index (κ1) is 12.6. The van der Waals surface area contributed by atoms with Gasteiger partial charge in [0, 0.05) is 18.3 Å². The van der Waals surface area contributed by atoms with Gasteiger partial charge in [0.15, 0.2) is 5.03 Å². The van der Waals surface area contributed by atoms with Gasteiger partial charge in [-0.1, -0.05) is 6.92 Å². The SMILES string of the molecule is CCNCc1cn[nH]c1S(=O)(=O)Nc1cn[nH]c1. The topological polar surface area (TPSA) is 116 Å². The van der Waals surface area contributed by atoms with Gasteiger partial charge in [0.05, 0.1) is 18.1 Å². The Labute approximate surface area is 104 Å². The first-order chi connectivity index (χ1) is 8.63. The minimum Gasteiger partial charge on any atom is -0.313 e. The van der Waals surface area contributed by atoms with Gasteiger partial charge in [-0.3, -0.25) is 14.9 Å². The lowest BCUT2D eigenvalue weighted by Crippen LogP contribution is -2.18. The maximum absolute atomic E-state index is 12.1. The molecule has 0 atom stereocenters. The van der Waals surface area contributed by atoms with Gasteiger partial charge < -0.3 is 5.32 Å². The van der Waals surface area contributed by atoms with Gasteiger partial charge in [0.1, 0.15) is 0 Å². The molecule has 2 aromatic heterocycles. The number of sulfonamides is 1. The second-order valence-corrected chi connectivity index (χ2v) is 5.22. The van der Waals surface area contributed by atoms with Crippen molar-refractivity contribution in [3.05, 3.63) is 24.2 Å². The zero-order chi connectivity index (χ0) is 13.0. The third-order valence-corrected chi connectivity index (χ3v) is 3.66. The van der Waals surface area contributed by atoms with Crippen molar-refractivity contribution < 1.29 is 8.42 Å². The summed E-state index contributed by atoms with van der Waals surface area (Å²) in [6, 6.07) is 0. The van der Waals surface area contributed by atoms with E-state index in [1.54, 1.807) is 0 Å². The standard InChI is InChI=1S/C9H14N6O2S/c1-2-10-3-7-4-13-14-9(7)18(16,17)15-8-5-11-12-6-8/h4-6,10,15H,2-3H2,1H3,(H,11,12)(H,13,14). The van der Waals surface area contributed by atoms with Crippen molar-refractivity contribution in [3.8, 4) is 0 Å². The van der Waals surface area contributed by atoms with Gasteiger partial charge in [-0.25, -0.2) is 0 Å². The van der Waals surface area contributed by atoms with E-state index >= 15 is 0 Å². The van der Waals surface area contributed by atoms with Crippen LogP contribution in [0.2, 0.25) is 0 Å². The monoisotopic (exact) mass is 270 g/mol. The first-order valence-electron chi connectivity index (χ1n) is 5.38. The van der Waals surface area contributed by atoms with Gasteiger partial charge in [-0.2, -0.15) is 18.6 Å². The fourth-order valence-corrected chi connectivity index (χ4v) is 2.60. The molecule has 0 amide bonds. The summed E-state index contributed by atoms with van der Waals surface area (Å²) in [5.41, 5.74) is 0.965. The lowest BCUT2D eigenvalue weighted by atomic mass is 10.3. The number of hydrogen-bond acceptors (Lipinski definition) is 5. The molecule has 2 rings (SSSR count). The van der Waals surface area contributed by atoms with Gasteiger partial charge in [-0.05, 0) is 6.54 Å². The molecule has 0 saturated heterocycles. The number of nitrogens with one attached hydrogen (secondary N) is 4. The van der Waals surface area contributed by atoms with Crippen molar-refractivity contribution in [2.45, 2.75) is 18.5 Å². The fourth-order valence-electron chi connectivity index (χ4n) is 1.43. The Hall–Kier alpha value is -1.87. The average molecular weight is 270 g/mol. The molecule has 0 radical (unpaired) electrons. The van der Waals surface area contributed by atoms with Crippen LogP contribution in [0.5, 0.6) is 0 Å². The van der Waals surface area contributed by atoms with Crippen molar-refractivity contribution in [1.82, 2.24) is 25.7 Å². The summed E-state index contributed by atoms with van der Waals surface area (Å²) in [5, 5.41) is 15.6.